The van der Waals surface area contributed by atoms with E-state index in [2.05, 4.69) is 0 Å². The van der Waals surface area contributed by atoms with Crippen LogP contribution >= 0.6 is 34.7 Å². The number of thiophene rings is 1. The average Bonchev–Trinajstić information content (AvgIpc) is 2.65. The van der Waals surface area contributed by atoms with Gasteiger partial charge in [-0.1, -0.05) is 11.6 Å². The van der Waals surface area contributed by atoms with Crippen molar-refractivity contribution < 1.29 is 5.11 Å². The summed E-state index contributed by atoms with van der Waals surface area (Å²) in [6, 6.07) is 1.93. The molecule has 1 aromatic heterocycles. The van der Waals surface area contributed by atoms with Gasteiger partial charge in [0, 0.05) is 10.6 Å². The first-order valence-electron chi connectivity index (χ1n) is 4.25. The van der Waals surface area contributed by atoms with E-state index in [4.69, 9.17) is 11.6 Å². The first-order valence-corrected chi connectivity index (χ1v) is 6.66. The van der Waals surface area contributed by atoms with Crippen molar-refractivity contribution in [2.24, 2.45) is 5.92 Å². The zero-order valence-electron chi connectivity index (χ0n) is 7.07. The molecule has 1 aromatic rings. The van der Waals surface area contributed by atoms with Gasteiger partial charge in [0.05, 0.1) is 11.1 Å². The van der Waals surface area contributed by atoms with Gasteiger partial charge in [0.1, 0.15) is 0 Å². The van der Waals surface area contributed by atoms with Crippen molar-refractivity contribution in [2.45, 2.75) is 12.5 Å². The topological polar surface area (TPSA) is 20.2 Å². The number of thioether (sulfide) groups is 1. The van der Waals surface area contributed by atoms with E-state index in [0.717, 1.165) is 22.9 Å². The average molecular weight is 235 g/mol. The highest BCUT2D eigenvalue weighted by Crippen LogP contribution is 2.31. The van der Waals surface area contributed by atoms with Gasteiger partial charge < -0.3 is 5.11 Å². The van der Waals surface area contributed by atoms with Crippen LogP contribution in [0.15, 0.2) is 11.4 Å². The zero-order chi connectivity index (χ0) is 9.26. The molecule has 1 aliphatic rings. The van der Waals surface area contributed by atoms with Crippen molar-refractivity contribution >= 4 is 34.7 Å². The third kappa shape index (κ3) is 2.21. The Labute approximate surface area is 91.1 Å². The molecule has 0 aliphatic carbocycles. The first-order chi connectivity index (χ1) is 6.27. The lowest BCUT2D eigenvalue weighted by Gasteiger charge is -2.11. The molecule has 0 saturated carbocycles. The number of rotatable bonds is 2. The van der Waals surface area contributed by atoms with E-state index in [-0.39, 0.29) is 6.10 Å². The highest BCUT2D eigenvalue weighted by atomic mass is 35.5. The number of aliphatic hydroxyl groups is 1. The Morgan fingerprint density at radius 2 is 2.38 bits per heavy atom. The summed E-state index contributed by atoms with van der Waals surface area (Å²) in [4.78, 5) is 1.22. The monoisotopic (exact) mass is 234 g/mol. The largest absolute Gasteiger partial charge is 0.392 e. The van der Waals surface area contributed by atoms with Crippen molar-refractivity contribution in [3.8, 4) is 0 Å². The van der Waals surface area contributed by atoms with Crippen LogP contribution in [0.2, 0.25) is 5.02 Å². The van der Waals surface area contributed by atoms with Gasteiger partial charge in [0.2, 0.25) is 0 Å². The molecule has 0 radical (unpaired) electrons. The van der Waals surface area contributed by atoms with Gasteiger partial charge in [-0.3, -0.25) is 0 Å². The molecule has 1 aliphatic heterocycles. The molecule has 1 nitrogen and oxygen atoms in total. The predicted octanol–water partition coefficient (Wildman–Crippen LogP) is 2.67. The summed E-state index contributed by atoms with van der Waals surface area (Å²) in [5, 5.41) is 12.5. The fourth-order valence-corrected chi connectivity index (χ4v) is 3.99. The molecule has 1 fully saturated rings. The number of aliphatic hydroxyl groups excluding tert-OH is 1. The maximum atomic E-state index is 9.62. The summed E-state index contributed by atoms with van der Waals surface area (Å²) in [5.74, 6) is 2.35. The standard InChI is InChI=1S/C9H11ClOS2/c10-7-1-2-13-9(7)3-6-4-12-5-8(6)11/h1-2,6,8,11H,3-5H2. The molecule has 0 amide bonds. The molecular formula is C9H11ClOS2. The fourth-order valence-electron chi connectivity index (χ4n) is 1.49. The van der Waals surface area contributed by atoms with Crippen molar-refractivity contribution in [1.29, 1.82) is 0 Å². The highest BCUT2D eigenvalue weighted by molar-refractivity contribution is 7.99. The van der Waals surface area contributed by atoms with Crippen molar-refractivity contribution in [2.75, 3.05) is 11.5 Å². The molecule has 1 N–H and O–H groups in total. The molecule has 2 atom stereocenters. The van der Waals surface area contributed by atoms with Crippen LogP contribution in [-0.2, 0) is 6.42 Å². The second-order valence-corrected chi connectivity index (χ2v) is 5.74. The summed E-state index contributed by atoms with van der Waals surface area (Å²) in [5.41, 5.74) is 0. The van der Waals surface area contributed by atoms with Crippen LogP contribution in [0.5, 0.6) is 0 Å². The maximum Gasteiger partial charge on any atom is 0.0670 e. The minimum Gasteiger partial charge on any atom is -0.392 e. The summed E-state index contributed by atoms with van der Waals surface area (Å²) in [7, 11) is 0. The van der Waals surface area contributed by atoms with E-state index in [1.165, 1.54) is 4.88 Å². The Hall–Kier alpha value is 0.300. The third-order valence-corrected chi connectivity index (χ3v) is 4.95. The van der Waals surface area contributed by atoms with E-state index >= 15 is 0 Å². The molecule has 2 heterocycles. The van der Waals surface area contributed by atoms with Crippen LogP contribution < -0.4 is 0 Å². The minimum absolute atomic E-state index is 0.136. The molecule has 0 bridgehead atoms. The molecule has 13 heavy (non-hydrogen) atoms. The van der Waals surface area contributed by atoms with Crippen LogP contribution in [-0.4, -0.2) is 22.7 Å². The van der Waals surface area contributed by atoms with Crippen molar-refractivity contribution in [3.63, 3.8) is 0 Å². The van der Waals surface area contributed by atoms with Gasteiger partial charge in [-0.2, -0.15) is 11.8 Å². The van der Waals surface area contributed by atoms with E-state index in [1.54, 1.807) is 11.3 Å². The lowest BCUT2D eigenvalue weighted by molar-refractivity contribution is 0.150. The molecule has 72 valence electrons. The van der Waals surface area contributed by atoms with Gasteiger partial charge in [0.15, 0.2) is 0 Å². The maximum absolute atomic E-state index is 9.62. The van der Waals surface area contributed by atoms with E-state index in [0.29, 0.717) is 5.92 Å². The second kappa shape index (κ2) is 4.22. The SMILES string of the molecule is OC1CSCC1Cc1sccc1Cl. The van der Waals surface area contributed by atoms with Gasteiger partial charge >= 0.3 is 0 Å². The Kier molecular flexibility index (Phi) is 3.19. The highest BCUT2D eigenvalue weighted by Gasteiger charge is 2.26. The van der Waals surface area contributed by atoms with E-state index < -0.39 is 0 Å². The minimum atomic E-state index is -0.136. The van der Waals surface area contributed by atoms with E-state index in [1.807, 2.05) is 23.2 Å². The van der Waals surface area contributed by atoms with Crippen LogP contribution in [0.3, 0.4) is 0 Å². The number of hydrogen-bond acceptors (Lipinski definition) is 3. The van der Waals surface area contributed by atoms with Crippen LogP contribution in [0, 0.1) is 5.92 Å². The summed E-state index contributed by atoms with van der Waals surface area (Å²) in [6.07, 6.45) is 0.799. The molecule has 0 aromatic carbocycles. The Bertz CT molecular complexity index is 287. The van der Waals surface area contributed by atoms with Crippen LogP contribution in [0.1, 0.15) is 4.88 Å². The van der Waals surface area contributed by atoms with Crippen molar-refractivity contribution in [1.82, 2.24) is 0 Å². The van der Waals surface area contributed by atoms with Crippen LogP contribution in [0.4, 0.5) is 0 Å². The smallest absolute Gasteiger partial charge is 0.0670 e. The van der Waals surface area contributed by atoms with Crippen molar-refractivity contribution in [3.05, 3.63) is 21.3 Å². The summed E-state index contributed by atoms with van der Waals surface area (Å²) in [6.45, 7) is 0. The lowest BCUT2D eigenvalue weighted by Crippen LogP contribution is -2.19. The molecule has 2 rings (SSSR count). The Morgan fingerprint density at radius 1 is 1.54 bits per heavy atom. The molecule has 1 saturated heterocycles. The number of halogens is 1. The molecule has 4 heteroatoms. The Balaban J connectivity index is 2.01. The molecule has 0 spiro atoms. The van der Waals surface area contributed by atoms with Gasteiger partial charge in [-0.15, -0.1) is 11.3 Å². The van der Waals surface area contributed by atoms with Gasteiger partial charge in [-0.25, -0.2) is 0 Å². The van der Waals surface area contributed by atoms with Crippen LogP contribution in [0.25, 0.3) is 0 Å². The second-order valence-electron chi connectivity index (χ2n) is 3.26. The van der Waals surface area contributed by atoms with E-state index in [9.17, 15) is 5.11 Å². The number of hydrogen-bond donors (Lipinski definition) is 1. The quantitative estimate of drug-likeness (QED) is 0.849. The van der Waals surface area contributed by atoms with Gasteiger partial charge in [0.25, 0.3) is 0 Å². The molecular weight excluding hydrogens is 224 g/mol. The summed E-state index contributed by atoms with van der Waals surface area (Å²) < 4.78 is 0. The predicted molar refractivity (Wildman–Crippen MR) is 59.9 cm³/mol. The first kappa shape index (κ1) is 9.84. The lowest BCUT2D eigenvalue weighted by atomic mass is 10.0. The third-order valence-electron chi connectivity index (χ3n) is 2.30. The zero-order valence-corrected chi connectivity index (χ0v) is 9.46. The fraction of sp³-hybridized carbons (Fsp3) is 0.556. The summed E-state index contributed by atoms with van der Waals surface area (Å²) >= 11 is 9.50. The molecule has 2 unspecified atom stereocenters. The Morgan fingerprint density at radius 3 is 2.92 bits per heavy atom. The van der Waals surface area contributed by atoms with Gasteiger partial charge in [-0.05, 0) is 29.5 Å². The normalized spacial score (nSPS) is 28.2.